The summed E-state index contributed by atoms with van der Waals surface area (Å²) in [5, 5.41) is 15.9. The topological polar surface area (TPSA) is 61.4 Å². The van der Waals surface area contributed by atoms with Crippen LogP contribution in [0.25, 0.3) is 0 Å². The van der Waals surface area contributed by atoms with Gasteiger partial charge in [0.15, 0.2) is 0 Å². The molecule has 104 valence electrons. The Morgan fingerprint density at radius 1 is 1.58 bits per heavy atom. The number of carbonyl (C=O) groups excluding carboxylic acids is 1. The molecule has 4 nitrogen and oxygen atoms in total. The maximum absolute atomic E-state index is 12.0. The summed E-state index contributed by atoms with van der Waals surface area (Å²) in [4.78, 5) is 12.0. The number of amides is 1. The molecular formula is C14H20N2O2S. The van der Waals surface area contributed by atoms with Gasteiger partial charge in [0.2, 0.25) is 5.91 Å². The van der Waals surface area contributed by atoms with Gasteiger partial charge in [-0.2, -0.15) is 11.8 Å². The molecule has 1 aliphatic rings. The van der Waals surface area contributed by atoms with Gasteiger partial charge in [-0.25, -0.2) is 0 Å². The third kappa shape index (κ3) is 4.14. The molecule has 0 saturated carbocycles. The minimum atomic E-state index is -0.0523. The van der Waals surface area contributed by atoms with E-state index in [1.54, 1.807) is 6.07 Å². The summed E-state index contributed by atoms with van der Waals surface area (Å²) in [5.41, 5.74) is 1.60. The fraction of sp³-hybridized carbons (Fsp3) is 0.500. The third-order valence-electron chi connectivity index (χ3n) is 3.17. The van der Waals surface area contributed by atoms with Crippen molar-refractivity contribution in [2.24, 2.45) is 0 Å². The van der Waals surface area contributed by atoms with Gasteiger partial charge in [-0.15, -0.1) is 0 Å². The van der Waals surface area contributed by atoms with Crippen LogP contribution in [0.3, 0.4) is 0 Å². The molecule has 1 aliphatic heterocycles. The van der Waals surface area contributed by atoms with E-state index in [1.165, 1.54) is 0 Å². The summed E-state index contributed by atoms with van der Waals surface area (Å²) in [6.07, 6.45) is 1.33. The van der Waals surface area contributed by atoms with Crippen LogP contribution >= 0.6 is 11.8 Å². The number of phenols is 1. The van der Waals surface area contributed by atoms with Crippen molar-refractivity contribution in [2.45, 2.75) is 25.8 Å². The zero-order chi connectivity index (χ0) is 13.7. The van der Waals surface area contributed by atoms with Crippen molar-refractivity contribution in [3.05, 3.63) is 23.8 Å². The molecule has 0 bridgehead atoms. The monoisotopic (exact) mass is 280 g/mol. The van der Waals surface area contributed by atoms with Crippen LogP contribution < -0.4 is 10.6 Å². The number of benzene rings is 1. The Labute approximate surface area is 118 Å². The summed E-state index contributed by atoms with van der Waals surface area (Å²) in [7, 11) is 0. The standard InChI is InChI=1S/C14H20N2O2S/c1-2-10-3-4-13(17)12(7-10)16-14(18)8-11-9-19-6-5-15-11/h3-4,7,11,15,17H,2,5-6,8-9H2,1H3,(H,16,18). The van der Waals surface area contributed by atoms with E-state index in [2.05, 4.69) is 10.6 Å². The van der Waals surface area contributed by atoms with Crippen LogP contribution in [-0.2, 0) is 11.2 Å². The molecule has 0 radical (unpaired) electrons. The second-order valence-corrected chi connectivity index (χ2v) is 5.83. The molecule has 2 rings (SSSR count). The Kier molecular flexibility index (Phi) is 5.10. The second-order valence-electron chi connectivity index (χ2n) is 4.68. The molecule has 1 amide bonds. The van der Waals surface area contributed by atoms with Gasteiger partial charge in [0.05, 0.1) is 5.69 Å². The van der Waals surface area contributed by atoms with Crippen LogP contribution in [0.2, 0.25) is 0 Å². The largest absolute Gasteiger partial charge is 0.506 e. The highest BCUT2D eigenvalue weighted by Gasteiger charge is 2.17. The number of hydrogen-bond acceptors (Lipinski definition) is 4. The van der Waals surface area contributed by atoms with E-state index in [4.69, 9.17) is 0 Å². The molecule has 1 atom stereocenters. The van der Waals surface area contributed by atoms with Crippen LogP contribution in [0.4, 0.5) is 5.69 Å². The quantitative estimate of drug-likeness (QED) is 0.738. The van der Waals surface area contributed by atoms with Gasteiger partial charge < -0.3 is 15.7 Å². The highest BCUT2D eigenvalue weighted by molar-refractivity contribution is 7.99. The average molecular weight is 280 g/mol. The van der Waals surface area contributed by atoms with Crippen molar-refractivity contribution in [3.63, 3.8) is 0 Å². The van der Waals surface area contributed by atoms with Crippen LogP contribution in [0.5, 0.6) is 5.75 Å². The summed E-state index contributed by atoms with van der Waals surface area (Å²) in [5.74, 6) is 2.14. The lowest BCUT2D eigenvalue weighted by Crippen LogP contribution is -2.39. The van der Waals surface area contributed by atoms with E-state index in [0.717, 1.165) is 30.0 Å². The first-order valence-corrected chi connectivity index (χ1v) is 7.77. The van der Waals surface area contributed by atoms with Gasteiger partial charge in [0.25, 0.3) is 0 Å². The Balaban J connectivity index is 1.94. The average Bonchev–Trinajstić information content (AvgIpc) is 2.42. The summed E-state index contributed by atoms with van der Waals surface area (Å²) in [6.45, 7) is 3.00. The summed E-state index contributed by atoms with van der Waals surface area (Å²) >= 11 is 1.87. The van der Waals surface area contributed by atoms with Gasteiger partial charge in [-0.05, 0) is 24.1 Å². The Bertz CT molecular complexity index is 445. The first-order valence-electron chi connectivity index (χ1n) is 6.62. The highest BCUT2D eigenvalue weighted by Crippen LogP contribution is 2.24. The number of nitrogens with one attached hydrogen (secondary N) is 2. The first kappa shape index (κ1) is 14.2. The van der Waals surface area contributed by atoms with Gasteiger partial charge in [-0.1, -0.05) is 13.0 Å². The molecule has 1 aromatic rings. The number of aryl methyl sites for hydroxylation is 1. The molecule has 19 heavy (non-hydrogen) atoms. The SMILES string of the molecule is CCc1ccc(O)c(NC(=O)CC2CSCCN2)c1. The molecule has 1 saturated heterocycles. The number of anilines is 1. The minimum absolute atomic E-state index is 0.0523. The predicted octanol–water partition coefficient (Wildman–Crippen LogP) is 1.99. The molecule has 0 aromatic heterocycles. The van der Waals surface area contributed by atoms with Crippen molar-refractivity contribution >= 4 is 23.4 Å². The molecular weight excluding hydrogens is 260 g/mol. The predicted molar refractivity (Wildman–Crippen MR) is 79.8 cm³/mol. The van der Waals surface area contributed by atoms with Crippen molar-refractivity contribution in [1.82, 2.24) is 5.32 Å². The van der Waals surface area contributed by atoms with Crippen LogP contribution in [0.1, 0.15) is 18.9 Å². The molecule has 1 aromatic carbocycles. The fourth-order valence-electron chi connectivity index (χ4n) is 2.08. The molecule has 1 heterocycles. The van der Waals surface area contributed by atoms with E-state index in [0.29, 0.717) is 12.1 Å². The lowest BCUT2D eigenvalue weighted by molar-refractivity contribution is -0.116. The van der Waals surface area contributed by atoms with Crippen molar-refractivity contribution < 1.29 is 9.90 Å². The second kappa shape index (κ2) is 6.82. The Hall–Kier alpha value is -1.20. The number of rotatable bonds is 4. The van der Waals surface area contributed by atoms with Gasteiger partial charge in [-0.3, -0.25) is 4.79 Å². The lowest BCUT2D eigenvalue weighted by Gasteiger charge is -2.22. The Morgan fingerprint density at radius 2 is 2.42 bits per heavy atom. The highest BCUT2D eigenvalue weighted by atomic mass is 32.2. The minimum Gasteiger partial charge on any atom is -0.506 e. The molecule has 0 spiro atoms. The van der Waals surface area contributed by atoms with E-state index in [9.17, 15) is 9.90 Å². The number of phenolic OH excluding ortho intramolecular Hbond substituents is 1. The first-order chi connectivity index (χ1) is 9.19. The zero-order valence-electron chi connectivity index (χ0n) is 11.1. The van der Waals surface area contributed by atoms with Crippen molar-refractivity contribution in [1.29, 1.82) is 0 Å². The maximum atomic E-state index is 12.0. The van der Waals surface area contributed by atoms with E-state index < -0.39 is 0 Å². The summed E-state index contributed by atoms with van der Waals surface area (Å²) < 4.78 is 0. The third-order valence-corrected chi connectivity index (χ3v) is 4.30. The van der Waals surface area contributed by atoms with Crippen molar-refractivity contribution in [3.8, 4) is 5.75 Å². The van der Waals surface area contributed by atoms with E-state index in [-0.39, 0.29) is 17.7 Å². The number of thioether (sulfide) groups is 1. The van der Waals surface area contributed by atoms with Crippen LogP contribution in [-0.4, -0.2) is 35.1 Å². The fourth-order valence-corrected chi connectivity index (χ4v) is 3.03. The lowest BCUT2D eigenvalue weighted by atomic mass is 10.1. The number of aromatic hydroxyl groups is 1. The molecule has 1 unspecified atom stereocenters. The van der Waals surface area contributed by atoms with Gasteiger partial charge in [0.1, 0.15) is 5.75 Å². The van der Waals surface area contributed by atoms with Crippen LogP contribution in [0, 0.1) is 0 Å². The maximum Gasteiger partial charge on any atom is 0.226 e. The van der Waals surface area contributed by atoms with E-state index >= 15 is 0 Å². The molecule has 0 aliphatic carbocycles. The van der Waals surface area contributed by atoms with E-state index in [1.807, 2.05) is 30.8 Å². The molecule has 5 heteroatoms. The van der Waals surface area contributed by atoms with Gasteiger partial charge >= 0.3 is 0 Å². The molecule has 1 fully saturated rings. The van der Waals surface area contributed by atoms with Crippen molar-refractivity contribution in [2.75, 3.05) is 23.4 Å². The summed E-state index contributed by atoms with van der Waals surface area (Å²) in [6, 6.07) is 5.55. The normalized spacial score (nSPS) is 19.1. The molecule has 3 N–H and O–H groups in total. The zero-order valence-corrected chi connectivity index (χ0v) is 11.9. The Morgan fingerprint density at radius 3 is 3.11 bits per heavy atom. The smallest absolute Gasteiger partial charge is 0.226 e. The number of hydrogen-bond donors (Lipinski definition) is 3. The number of carbonyl (C=O) groups is 1. The van der Waals surface area contributed by atoms with Crippen LogP contribution in [0.15, 0.2) is 18.2 Å². The van der Waals surface area contributed by atoms with Gasteiger partial charge in [0, 0.05) is 30.5 Å².